The summed E-state index contributed by atoms with van der Waals surface area (Å²) in [5.74, 6) is 1.75. The predicted molar refractivity (Wildman–Crippen MR) is 93.9 cm³/mol. The number of rotatable bonds is 4. The number of thiazole rings is 1. The van der Waals surface area contributed by atoms with Gasteiger partial charge in [-0.2, -0.15) is 4.98 Å². The third-order valence-corrected chi connectivity index (χ3v) is 5.58. The average Bonchev–Trinajstić information content (AvgIpc) is 3.20. The first kappa shape index (κ1) is 14.7. The highest BCUT2D eigenvalue weighted by molar-refractivity contribution is 8.00. The van der Waals surface area contributed by atoms with Gasteiger partial charge in [-0.1, -0.05) is 40.7 Å². The molecule has 0 aliphatic heterocycles. The molecule has 2 aromatic carbocycles. The van der Waals surface area contributed by atoms with Crippen molar-refractivity contribution in [2.24, 2.45) is 0 Å². The van der Waals surface area contributed by atoms with Crippen molar-refractivity contribution in [3.8, 4) is 11.4 Å². The summed E-state index contributed by atoms with van der Waals surface area (Å²) in [7, 11) is 0. The van der Waals surface area contributed by atoms with E-state index in [4.69, 9.17) is 16.1 Å². The van der Waals surface area contributed by atoms with Gasteiger partial charge in [-0.25, -0.2) is 4.98 Å². The van der Waals surface area contributed by atoms with Crippen LogP contribution in [0.3, 0.4) is 0 Å². The Labute approximate surface area is 145 Å². The van der Waals surface area contributed by atoms with Gasteiger partial charge in [0.2, 0.25) is 11.7 Å². The highest BCUT2D eigenvalue weighted by Crippen LogP contribution is 2.31. The summed E-state index contributed by atoms with van der Waals surface area (Å²) in [5.41, 5.74) is 1.90. The molecule has 4 nitrogen and oxygen atoms in total. The molecule has 2 heterocycles. The molecule has 0 unspecified atom stereocenters. The fourth-order valence-corrected chi connectivity index (χ4v) is 4.10. The summed E-state index contributed by atoms with van der Waals surface area (Å²) in [6.07, 6.45) is 0. The molecule has 4 aromatic rings. The molecule has 2 aromatic heterocycles. The first-order valence-corrected chi connectivity index (χ1v) is 9.03. The predicted octanol–water partition coefficient (Wildman–Crippen LogP) is 5.29. The SMILES string of the molecule is Clc1ccc(-c2noc(CSc3nc4ccccc4s3)n2)cc1. The molecule has 23 heavy (non-hydrogen) atoms. The zero-order valence-electron chi connectivity index (χ0n) is 11.8. The van der Waals surface area contributed by atoms with E-state index in [9.17, 15) is 0 Å². The van der Waals surface area contributed by atoms with Crippen molar-refractivity contribution in [3.63, 3.8) is 0 Å². The Kier molecular flexibility index (Phi) is 4.03. The summed E-state index contributed by atoms with van der Waals surface area (Å²) >= 11 is 9.15. The van der Waals surface area contributed by atoms with Gasteiger partial charge >= 0.3 is 0 Å². The molecule has 0 fully saturated rings. The molecule has 0 saturated carbocycles. The molecule has 0 N–H and O–H groups in total. The Bertz CT molecular complexity index is 916. The van der Waals surface area contributed by atoms with Crippen molar-refractivity contribution in [1.29, 1.82) is 0 Å². The van der Waals surface area contributed by atoms with Crippen molar-refractivity contribution in [2.45, 2.75) is 10.1 Å². The molecule has 0 spiro atoms. The smallest absolute Gasteiger partial charge is 0.237 e. The van der Waals surface area contributed by atoms with Crippen molar-refractivity contribution in [2.75, 3.05) is 0 Å². The largest absolute Gasteiger partial charge is 0.338 e. The Balaban J connectivity index is 1.48. The second-order valence-corrected chi connectivity index (χ2v) is 7.44. The minimum absolute atomic E-state index is 0.571. The Morgan fingerprint density at radius 1 is 1.04 bits per heavy atom. The highest BCUT2D eigenvalue weighted by atomic mass is 35.5. The maximum atomic E-state index is 5.88. The van der Waals surface area contributed by atoms with Crippen LogP contribution in [0, 0.1) is 0 Å². The number of thioether (sulfide) groups is 1. The van der Waals surface area contributed by atoms with Crippen molar-refractivity contribution in [1.82, 2.24) is 15.1 Å². The molecule has 4 rings (SSSR count). The Hall–Kier alpha value is -1.89. The number of halogens is 1. The highest BCUT2D eigenvalue weighted by Gasteiger charge is 2.11. The zero-order valence-corrected chi connectivity index (χ0v) is 14.2. The van der Waals surface area contributed by atoms with Crippen molar-refractivity contribution >= 4 is 44.9 Å². The summed E-state index contributed by atoms with van der Waals surface area (Å²) in [4.78, 5) is 8.99. The number of hydrogen-bond donors (Lipinski definition) is 0. The van der Waals surface area contributed by atoms with E-state index in [2.05, 4.69) is 21.2 Å². The van der Waals surface area contributed by atoms with E-state index in [0.717, 1.165) is 15.4 Å². The maximum absolute atomic E-state index is 5.88. The molecule has 0 amide bonds. The molecule has 0 saturated heterocycles. The monoisotopic (exact) mass is 359 g/mol. The second-order valence-electron chi connectivity index (χ2n) is 4.75. The standard InChI is InChI=1S/C16H10ClN3OS2/c17-11-7-5-10(6-8-11)15-19-14(21-20-15)9-22-16-18-12-3-1-2-4-13(12)23-16/h1-8H,9H2. The van der Waals surface area contributed by atoms with Gasteiger partial charge in [-0.15, -0.1) is 11.3 Å². The molecule has 0 aliphatic rings. The van der Waals surface area contributed by atoms with Crippen LogP contribution in [0.25, 0.3) is 21.6 Å². The molecule has 0 bridgehead atoms. The van der Waals surface area contributed by atoms with Crippen molar-refractivity contribution in [3.05, 3.63) is 59.4 Å². The minimum atomic E-state index is 0.571. The lowest BCUT2D eigenvalue weighted by Gasteiger charge is -1.93. The van der Waals surface area contributed by atoms with Gasteiger partial charge in [-0.3, -0.25) is 0 Å². The van der Waals surface area contributed by atoms with Gasteiger partial charge in [0.1, 0.15) is 0 Å². The van der Waals surface area contributed by atoms with E-state index >= 15 is 0 Å². The number of fused-ring (bicyclic) bond motifs is 1. The maximum Gasteiger partial charge on any atom is 0.237 e. The number of para-hydroxylation sites is 1. The molecular formula is C16H10ClN3OS2. The normalized spacial score (nSPS) is 11.2. The van der Waals surface area contributed by atoms with Crippen LogP contribution in [0.15, 0.2) is 57.4 Å². The van der Waals surface area contributed by atoms with Crippen LogP contribution in [-0.2, 0) is 5.75 Å². The van der Waals surface area contributed by atoms with E-state index in [0.29, 0.717) is 22.5 Å². The Morgan fingerprint density at radius 2 is 1.87 bits per heavy atom. The summed E-state index contributed by atoms with van der Waals surface area (Å²) in [5, 5.41) is 4.70. The minimum Gasteiger partial charge on any atom is -0.338 e. The number of aromatic nitrogens is 3. The van der Waals surface area contributed by atoms with Crippen LogP contribution < -0.4 is 0 Å². The molecule has 0 atom stereocenters. The lowest BCUT2D eigenvalue weighted by atomic mass is 10.2. The van der Waals surface area contributed by atoms with Gasteiger partial charge < -0.3 is 4.52 Å². The number of benzene rings is 2. The topological polar surface area (TPSA) is 51.8 Å². The molecular weight excluding hydrogens is 350 g/mol. The fraction of sp³-hybridized carbons (Fsp3) is 0.0625. The molecule has 114 valence electrons. The average molecular weight is 360 g/mol. The van der Waals surface area contributed by atoms with E-state index in [-0.39, 0.29) is 0 Å². The lowest BCUT2D eigenvalue weighted by molar-refractivity contribution is 0.391. The quantitative estimate of drug-likeness (QED) is 0.463. The molecule has 7 heteroatoms. The van der Waals surface area contributed by atoms with Crippen LogP contribution in [0.1, 0.15) is 5.89 Å². The van der Waals surface area contributed by atoms with Gasteiger partial charge in [0, 0.05) is 10.6 Å². The van der Waals surface area contributed by atoms with Crippen LogP contribution in [0.5, 0.6) is 0 Å². The van der Waals surface area contributed by atoms with E-state index < -0.39 is 0 Å². The summed E-state index contributed by atoms with van der Waals surface area (Å²) < 4.78 is 7.49. The van der Waals surface area contributed by atoms with Gasteiger partial charge in [0.05, 0.1) is 16.0 Å². The van der Waals surface area contributed by atoms with Crippen molar-refractivity contribution < 1.29 is 4.52 Å². The Morgan fingerprint density at radius 3 is 2.70 bits per heavy atom. The van der Waals surface area contributed by atoms with E-state index in [1.807, 2.05) is 42.5 Å². The third-order valence-electron chi connectivity index (χ3n) is 3.16. The molecule has 0 aliphatic carbocycles. The first-order chi connectivity index (χ1) is 11.3. The van der Waals surface area contributed by atoms with Gasteiger partial charge in [0.15, 0.2) is 4.34 Å². The summed E-state index contributed by atoms with van der Waals surface area (Å²) in [6.45, 7) is 0. The van der Waals surface area contributed by atoms with Crippen LogP contribution in [0.2, 0.25) is 5.02 Å². The lowest BCUT2D eigenvalue weighted by Crippen LogP contribution is -1.82. The molecule has 0 radical (unpaired) electrons. The fourth-order valence-electron chi connectivity index (χ4n) is 2.07. The van der Waals surface area contributed by atoms with Crippen LogP contribution in [0.4, 0.5) is 0 Å². The van der Waals surface area contributed by atoms with Gasteiger partial charge in [0.25, 0.3) is 0 Å². The number of hydrogen-bond acceptors (Lipinski definition) is 6. The van der Waals surface area contributed by atoms with Crippen LogP contribution in [-0.4, -0.2) is 15.1 Å². The summed E-state index contributed by atoms with van der Waals surface area (Å²) in [6, 6.07) is 15.5. The second kappa shape index (κ2) is 6.31. The van der Waals surface area contributed by atoms with E-state index in [1.165, 1.54) is 4.70 Å². The third kappa shape index (κ3) is 3.24. The number of nitrogens with zero attached hydrogens (tertiary/aromatic N) is 3. The van der Waals surface area contributed by atoms with Crippen LogP contribution >= 0.6 is 34.7 Å². The first-order valence-electron chi connectivity index (χ1n) is 6.85. The zero-order chi connectivity index (χ0) is 15.6. The van der Waals surface area contributed by atoms with E-state index in [1.54, 1.807) is 23.1 Å². The van der Waals surface area contributed by atoms with Gasteiger partial charge in [-0.05, 0) is 36.4 Å².